The van der Waals surface area contributed by atoms with Crippen LogP contribution in [-0.2, 0) is 0 Å². The fraction of sp³-hybridized carbons (Fsp3) is 0.333. The van der Waals surface area contributed by atoms with Gasteiger partial charge in [-0.15, -0.1) is 0 Å². The molecule has 1 aromatic carbocycles. The Morgan fingerprint density at radius 3 is 3.08 bits per heavy atom. The Bertz CT molecular complexity index is 239. The number of unbranched alkanes of at least 4 members (excludes halogenated alkanes) is 1. The Balaban J connectivity index is 2.20. The normalized spacial score (nSPS) is 10.5. The molecule has 0 bridgehead atoms. The minimum atomic E-state index is 0.651. The molecule has 1 aromatic rings. The van der Waals surface area contributed by atoms with Crippen LogP contribution >= 0.6 is 0 Å². The third-order valence-electron chi connectivity index (χ3n) is 1.65. The fourth-order valence-electron chi connectivity index (χ4n) is 0.964. The van der Waals surface area contributed by atoms with Crippen molar-refractivity contribution in [3.63, 3.8) is 0 Å². The Morgan fingerprint density at radius 2 is 2.38 bits per heavy atom. The van der Waals surface area contributed by atoms with Gasteiger partial charge in [-0.2, -0.15) is 0 Å². The predicted molar refractivity (Wildman–Crippen MR) is 54.8 cm³/mol. The van der Waals surface area contributed by atoms with Gasteiger partial charge in [-0.3, -0.25) is 0 Å². The van der Waals surface area contributed by atoms with Crippen molar-refractivity contribution < 1.29 is 4.74 Å². The number of benzene rings is 1. The van der Waals surface area contributed by atoms with Crippen LogP contribution in [0.3, 0.4) is 0 Å². The van der Waals surface area contributed by atoms with Crippen molar-refractivity contribution in [1.29, 1.82) is 0 Å². The van der Waals surface area contributed by atoms with Crippen LogP contribution in [0, 0.1) is 6.07 Å². The Morgan fingerprint density at radius 1 is 1.46 bits per heavy atom. The summed E-state index contributed by atoms with van der Waals surface area (Å²) in [5.74, 6) is 0.878. The Kier molecular flexibility index (Phi) is 4.77. The first-order valence-corrected chi connectivity index (χ1v) is 4.67. The second-order valence-corrected chi connectivity index (χ2v) is 2.81. The van der Waals surface area contributed by atoms with Crippen LogP contribution in [0.4, 0.5) is 0 Å². The molecule has 0 aliphatic heterocycles. The lowest BCUT2D eigenvalue weighted by Crippen LogP contribution is -1.92. The highest BCUT2D eigenvalue weighted by Gasteiger charge is 1.86. The highest BCUT2D eigenvalue weighted by atomic mass is 16.5. The number of hydrogen-bond acceptors (Lipinski definition) is 1. The van der Waals surface area contributed by atoms with Gasteiger partial charge in [0.25, 0.3) is 0 Å². The van der Waals surface area contributed by atoms with Crippen LogP contribution in [0.25, 0.3) is 0 Å². The van der Waals surface area contributed by atoms with Crippen LogP contribution in [0.5, 0.6) is 5.75 Å². The monoisotopic (exact) mass is 175 g/mol. The molecule has 1 rings (SSSR count). The van der Waals surface area contributed by atoms with Gasteiger partial charge in [0.05, 0.1) is 0 Å². The molecule has 0 saturated heterocycles. The van der Waals surface area contributed by atoms with Crippen LogP contribution in [-0.4, -0.2) is 6.61 Å². The van der Waals surface area contributed by atoms with Gasteiger partial charge in [0.1, 0.15) is 12.4 Å². The van der Waals surface area contributed by atoms with Gasteiger partial charge in [-0.25, -0.2) is 0 Å². The van der Waals surface area contributed by atoms with Crippen molar-refractivity contribution in [1.82, 2.24) is 0 Å². The minimum absolute atomic E-state index is 0.651. The van der Waals surface area contributed by atoms with E-state index in [0.717, 1.165) is 12.2 Å². The van der Waals surface area contributed by atoms with Gasteiger partial charge < -0.3 is 4.74 Å². The van der Waals surface area contributed by atoms with Gasteiger partial charge >= 0.3 is 0 Å². The lowest BCUT2D eigenvalue weighted by atomic mass is 10.3. The zero-order valence-electron chi connectivity index (χ0n) is 7.99. The molecular weight excluding hydrogens is 160 g/mol. The SMILES string of the molecule is CCC/C=C/COc1c[c]ccc1. The van der Waals surface area contributed by atoms with Gasteiger partial charge in [0.2, 0.25) is 0 Å². The molecule has 13 heavy (non-hydrogen) atoms. The summed E-state index contributed by atoms with van der Waals surface area (Å²) in [4.78, 5) is 0. The summed E-state index contributed by atoms with van der Waals surface area (Å²) in [5, 5.41) is 0. The summed E-state index contributed by atoms with van der Waals surface area (Å²) in [6.07, 6.45) is 6.52. The zero-order chi connectivity index (χ0) is 9.36. The summed E-state index contributed by atoms with van der Waals surface area (Å²) in [6.45, 7) is 2.81. The average molecular weight is 175 g/mol. The third kappa shape index (κ3) is 4.36. The van der Waals surface area contributed by atoms with Crippen LogP contribution < -0.4 is 4.74 Å². The third-order valence-corrected chi connectivity index (χ3v) is 1.65. The molecule has 1 heteroatoms. The molecule has 0 heterocycles. The minimum Gasteiger partial charge on any atom is -0.490 e. The van der Waals surface area contributed by atoms with Crippen molar-refractivity contribution in [3.05, 3.63) is 42.5 Å². The van der Waals surface area contributed by atoms with Gasteiger partial charge in [-0.1, -0.05) is 37.6 Å². The van der Waals surface area contributed by atoms with Gasteiger partial charge in [0.15, 0.2) is 0 Å². The molecule has 0 aromatic heterocycles. The molecule has 0 aliphatic rings. The van der Waals surface area contributed by atoms with Crippen molar-refractivity contribution in [2.75, 3.05) is 6.61 Å². The molecule has 0 N–H and O–H groups in total. The second kappa shape index (κ2) is 6.30. The molecule has 1 nitrogen and oxygen atoms in total. The molecule has 0 unspecified atom stereocenters. The maximum absolute atomic E-state index is 5.43. The fourth-order valence-corrected chi connectivity index (χ4v) is 0.964. The average Bonchev–Trinajstić information content (AvgIpc) is 2.19. The summed E-state index contributed by atoms with van der Waals surface area (Å²) >= 11 is 0. The van der Waals surface area contributed by atoms with E-state index in [1.165, 1.54) is 6.42 Å². The van der Waals surface area contributed by atoms with E-state index in [-0.39, 0.29) is 0 Å². The van der Waals surface area contributed by atoms with E-state index < -0.39 is 0 Å². The molecule has 0 saturated carbocycles. The molecule has 0 spiro atoms. The number of ether oxygens (including phenoxy) is 1. The highest BCUT2D eigenvalue weighted by molar-refractivity contribution is 5.20. The summed E-state index contributed by atoms with van der Waals surface area (Å²) < 4.78 is 5.43. The largest absolute Gasteiger partial charge is 0.490 e. The first kappa shape index (κ1) is 9.85. The molecule has 0 amide bonds. The number of rotatable bonds is 5. The summed E-state index contributed by atoms with van der Waals surface area (Å²) in [7, 11) is 0. The molecule has 0 aliphatic carbocycles. The Labute approximate surface area is 80.0 Å². The van der Waals surface area contributed by atoms with E-state index in [9.17, 15) is 0 Å². The summed E-state index contributed by atoms with van der Waals surface area (Å²) in [5.41, 5.74) is 0. The van der Waals surface area contributed by atoms with Crippen molar-refractivity contribution in [2.24, 2.45) is 0 Å². The van der Waals surface area contributed by atoms with Crippen molar-refractivity contribution in [3.8, 4) is 5.75 Å². The molecule has 1 radical (unpaired) electrons. The first-order valence-electron chi connectivity index (χ1n) is 4.67. The van der Waals surface area contributed by atoms with Gasteiger partial charge in [0, 0.05) is 0 Å². The van der Waals surface area contributed by atoms with E-state index >= 15 is 0 Å². The second-order valence-electron chi connectivity index (χ2n) is 2.81. The maximum atomic E-state index is 5.43. The lowest BCUT2D eigenvalue weighted by molar-refractivity contribution is 0.362. The zero-order valence-corrected chi connectivity index (χ0v) is 7.99. The highest BCUT2D eigenvalue weighted by Crippen LogP contribution is 2.07. The van der Waals surface area contributed by atoms with Gasteiger partial charge in [-0.05, 0) is 24.6 Å². The topological polar surface area (TPSA) is 9.23 Å². The smallest absolute Gasteiger partial charge is 0.120 e. The lowest BCUT2D eigenvalue weighted by Gasteiger charge is -2.00. The predicted octanol–water partition coefficient (Wildman–Crippen LogP) is 3.22. The van der Waals surface area contributed by atoms with E-state index in [0.29, 0.717) is 6.61 Å². The number of allylic oxidation sites excluding steroid dienone is 1. The van der Waals surface area contributed by atoms with Crippen molar-refractivity contribution >= 4 is 0 Å². The van der Waals surface area contributed by atoms with E-state index in [4.69, 9.17) is 4.74 Å². The van der Waals surface area contributed by atoms with Crippen LogP contribution in [0.15, 0.2) is 36.4 Å². The molecule has 0 atom stereocenters. The van der Waals surface area contributed by atoms with Crippen LogP contribution in [0.2, 0.25) is 0 Å². The molecular formula is C12H15O. The van der Waals surface area contributed by atoms with E-state index in [1.807, 2.05) is 24.3 Å². The Hall–Kier alpha value is -1.24. The standard InChI is InChI=1S/C12H15O/c1-2-3-4-8-11-13-12-9-6-5-7-10-12/h4-6,8-10H,2-3,11H2,1H3/b8-4+. The molecule has 0 fully saturated rings. The summed E-state index contributed by atoms with van der Waals surface area (Å²) in [6, 6.07) is 10.5. The van der Waals surface area contributed by atoms with Crippen LogP contribution in [0.1, 0.15) is 19.8 Å². The van der Waals surface area contributed by atoms with Crippen molar-refractivity contribution in [2.45, 2.75) is 19.8 Å². The maximum Gasteiger partial charge on any atom is 0.120 e. The number of hydrogen-bond donors (Lipinski definition) is 0. The van der Waals surface area contributed by atoms with E-state index in [1.54, 1.807) is 0 Å². The first-order chi connectivity index (χ1) is 6.43. The quantitative estimate of drug-likeness (QED) is 0.624. The van der Waals surface area contributed by atoms with E-state index in [2.05, 4.69) is 25.1 Å². The molecule has 69 valence electrons.